The van der Waals surface area contributed by atoms with Crippen LogP contribution in [0.5, 0.6) is 0 Å². The van der Waals surface area contributed by atoms with Crippen LogP contribution in [0.1, 0.15) is 36.5 Å². The molecule has 2 aromatic rings. The van der Waals surface area contributed by atoms with E-state index >= 15 is 0 Å². The lowest BCUT2D eigenvalue weighted by molar-refractivity contribution is 0.849. The number of aromatic nitrogens is 1. The van der Waals surface area contributed by atoms with Gasteiger partial charge in [-0.15, -0.1) is 0 Å². The zero-order valence-electron chi connectivity index (χ0n) is 10.3. The summed E-state index contributed by atoms with van der Waals surface area (Å²) in [6, 6.07) is 4.20. The molecule has 0 aliphatic rings. The van der Waals surface area contributed by atoms with Gasteiger partial charge in [0.25, 0.3) is 0 Å². The second kappa shape index (κ2) is 3.78. The molecule has 1 aromatic carbocycles. The van der Waals surface area contributed by atoms with Gasteiger partial charge in [0.05, 0.1) is 0 Å². The summed E-state index contributed by atoms with van der Waals surface area (Å²) in [5, 5.41) is 2.30. The molecule has 2 nitrogen and oxygen atoms in total. The number of benzene rings is 1. The zero-order valence-corrected chi connectivity index (χ0v) is 10.3. The topological polar surface area (TPSA) is 38.9 Å². The largest absolute Gasteiger partial charge is 0.383 e. The Morgan fingerprint density at radius 3 is 2.50 bits per heavy atom. The number of aryl methyl sites for hydroxylation is 2. The average Bonchev–Trinajstić information content (AvgIpc) is 2.19. The van der Waals surface area contributed by atoms with Gasteiger partial charge in [0.15, 0.2) is 0 Å². The molecule has 0 aliphatic carbocycles. The second-order valence-electron chi connectivity index (χ2n) is 4.68. The number of fused-ring (bicyclic) bond motifs is 1. The fraction of sp³-hybridized carbons (Fsp3) is 0.357. The molecular formula is C14H18N2. The second-order valence-corrected chi connectivity index (χ2v) is 4.68. The van der Waals surface area contributed by atoms with Crippen molar-refractivity contribution in [1.82, 2.24) is 4.98 Å². The van der Waals surface area contributed by atoms with E-state index in [0.29, 0.717) is 11.7 Å². The average molecular weight is 214 g/mol. The summed E-state index contributed by atoms with van der Waals surface area (Å²) in [7, 11) is 0. The standard InChI is InChI=1S/C14H18N2/c1-8(2)13-9(3)7-12-11(10(13)4)5-6-16-14(12)15/h5-8H,1-4H3,(H2,15,16). The van der Waals surface area contributed by atoms with Gasteiger partial charge in [0.2, 0.25) is 0 Å². The van der Waals surface area contributed by atoms with Crippen molar-refractivity contribution in [2.75, 3.05) is 5.73 Å². The number of anilines is 1. The number of nitrogen functional groups attached to an aromatic ring is 1. The summed E-state index contributed by atoms with van der Waals surface area (Å²) < 4.78 is 0. The highest BCUT2D eigenvalue weighted by molar-refractivity contribution is 5.94. The highest BCUT2D eigenvalue weighted by Gasteiger charge is 2.12. The predicted molar refractivity (Wildman–Crippen MR) is 69.7 cm³/mol. The van der Waals surface area contributed by atoms with Gasteiger partial charge in [-0.3, -0.25) is 0 Å². The van der Waals surface area contributed by atoms with E-state index in [1.54, 1.807) is 6.20 Å². The Kier molecular flexibility index (Phi) is 2.58. The number of nitrogens with zero attached hydrogens (tertiary/aromatic N) is 1. The fourth-order valence-corrected chi connectivity index (χ4v) is 2.59. The SMILES string of the molecule is Cc1cc2c(N)nccc2c(C)c1C(C)C. The molecule has 2 rings (SSSR count). The number of nitrogens with two attached hydrogens (primary N) is 1. The molecule has 1 aromatic heterocycles. The zero-order chi connectivity index (χ0) is 11.9. The van der Waals surface area contributed by atoms with Crippen LogP contribution in [0, 0.1) is 13.8 Å². The number of hydrogen-bond donors (Lipinski definition) is 1. The third-order valence-electron chi connectivity index (χ3n) is 3.19. The van der Waals surface area contributed by atoms with Gasteiger partial charge in [-0.1, -0.05) is 13.8 Å². The van der Waals surface area contributed by atoms with Crippen LogP contribution in [0.15, 0.2) is 18.3 Å². The number of rotatable bonds is 1. The van der Waals surface area contributed by atoms with Crippen LogP contribution < -0.4 is 5.73 Å². The van der Waals surface area contributed by atoms with E-state index in [9.17, 15) is 0 Å². The summed E-state index contributed by atoms with van der Waals surface area (Å²) in [5.41, 5.74) is 9.98. The summed E-state index contributed by atoms with van der Waals surface area (Å²) in [4.78, 5) is 4.14. The molecule has 0 bridgehead atoms. The van der Waals surface area contributed by atoms with Gasteiger partial charge >= 0.3 is 0 Å². The quantitative estimate of drug-likeness (QED) is 0.788. The maximum Gasteiger partial charge on any atom is 0.131 e. The molecule has 0 radical (unpaired) electrons. The van der Waals surface area contributed by atoms with Gasteiger partial charge in [-0.05, 0) is 54.0 Å². The van der Waals surface area contributed by atoms with Crippen LogP contribution in [0.2, 0.25) is 0 Å². The Balaban J connectivity index is 2.89. The summed E-state index contributed by atoms with van der Waals surface area (Å²) in [5.74, 6) is 1.16. The van der Waals surface area contributed by atoms with Crippen LogP contribution in [0.25, 0.3) is 10.8 Å². The van der Waals surface area contributed by atoms with E-state index in [4.69, 9.17) is 5.73 Å². The minimum atomic E-state index is 0.541. The van der Waals surface area contributed by atoms with Crippen molar-refractivity contribution >= 4 is 16.6 Å². The molecule has 0 saturated heterocycles. The summed E-state index contributed by atoms with van der Waals surface area (Å²) in [6.45, 7) is 8.77. The molecule has 0 fully saturated rings. The van der Waals surface area contributed by atoms with Crippen LogP contribution in [0.4, 0.5) is 5.82 Å². The minimum Gasteiger partial charge on any atom is -0.383 e. The Morgan fingerprint density at radius 2 is 1.88 bits per heavy atom. The molecule has 0 aliphatic heterocycles. The third-order valence-corrected chi connectivity index (χ3v) is 3.19. The van der Waals surface area contributed by atoms with Gasteiger partial charge < -0.3 is 5.73 Å². The van der Waals surface area contributed by atoms with E-state index in [0.717, 1.165) is 5.39 Å². The van der Waals surface area contributed by atoms with Crippen LogP contribution in [-0.4, -0.2) is 4.98 Å². The Bertz CT molecular complexity index is 542. The molecule has 2 heteroatoms. The van der Waals surface area contributed by atoms with E-state index in [1.807, 2.05) is 6.07 Å². The fourth-order valence-electron chi connectivity index (χ4n) is 2.59. The molecule has 0 saturated carbocycles. The molecule has 0 spiro atoms. The van der Waals surface area contributed by atoms with Gasteiger partial charge in [0.1, 0.15) is 5.82 Å². The Labute approximate surface area is 96.5 Å². The van der Waals surface area contributed by atoms with Crippen molar-refractivity contribution in [2.45, 2.75) is 33.6 Å². The van der Waals surface area contributed by atoms with E-state index in [2.05, 4.69) is 38.7 Å². The molecule has 0 unspecified atom stereocenters. The number of hydrogen-bond acceptors (Lipinski definition) is 2. The van der Waals surface area contributed by atoms with Crippen LogP contribution in [-0.2, 0) is 0 Å². The lowest BCUT2D eigenvalue weighted by atomic mass is 9.89. The normalized spacial score (nSPS) is 11.3. The lowest BCUT2D eigenvalue weighted by Gasteiger charge is -2.16. The van der Waals surface area contributed by atoms with Gasteiger partial charge in [-0.25, -0.2) is 4.98 Å². The smallest absolute Gasteiger partial charge is 0.131 e. The molecule has 84 valence electrons. The van der Waals surface area contributed by atoms with Crippen molar-refractivity contribution in [2.24, 2.45) is 0 Å². The van der Waals surface area contributed by atoms with Crippen molar-refractivity contribution in [3.05, 3.63) is 35.0 Å². The van der Waals surface area contributed by atoms with Crippen molar-refractivity contribution in [3.63, 3.8) is 0 Å². The number of pyridine rings is 1. The molecule has 1 heterocycles. The molecule has 0 atom stereocenters. The highest BCUT2D eigenvalue weighted by Crippen LogP contribution is 2.31. The predicted octanol–water partition coefficient (Wildman–Crippen LogP) is 3.56. The first-order chi connectivity index (χ1) is 7.52. The third kappa shape index (κ3) is 1.54. The van der Waals surface area contributed by atoms with E-state index in [1.165, 1.54) is 22.1 Å². The van der Waals surface area contributed by atoms with E-state index in [-0.39, 0.29) is 0 Å². The monoisotopic (exact) mass is 214 g/mol. The van der Waals surface area contributed by atoms with Crippen molar-refractivity contribution in [3.8, 4) is 0 Å². The summed E-state index contributed by atoms with van der Waals surface area (Å²) in [6.07, 6.45) is 1.78. The Morgan fingerprint density at radius 1 is 1.19 bits per heavy atom. The van der Waals surface area contributed by atoms with E-state index < -0.39 is 0 Å². The van der Waals surface area contributed by atoms with Crippen LogP contribution in [0.3, 0.4) is 0 Å². The molecule has 0 amide bonds. The lowest BCUT2D eigenvalue weighted by Crippen LogP contribution is -2.00. The maximum atomic E-state index is 5.91. The van der Waals surface area contributed by atoms with Crippen molar-refractivity contribution in [1.29, 1.82) is 0 Å². The van der Waals surface area contributed by atoms with Gasteiger partial charge in [0, 0.05) is 11.6 Å². The first-order valence-corrected chi connectivity index (χ1v) is 5.66. The Hall–Kier alpha value is -1.57. The van der Waals surface area contributed by atoms with Crippen molar-refractivity contribution < 1.29 is 0 Å². The van der Waals surface area contributed by atoms with Crippen LogP contribution >= 0.6 is 0 Å². The first-order valence-electron chi connectivity index (χ1n) is 5.66. The summed E-state index contributed by atoms with van der Waals surface area (Å²) >= 11 is 0. The maximum absolute atomic E-state index is 5.91. The molecule has 16 heavy (non-hydrogen) atoms. The molecular weight excluding hydrogens is 196 g/mol. The van der Waals surface area contributed by atoms with Gasteiger partial charge in [-0.2, -0.15) is 0 Å². The minimum absolute atomic E-state index is 0.541. The highest BCUT2D eigenvalue weighted by atomic mass is 14.8. The molecule has 2 N–H and O–H groups in total. The first kappa shape index (κ1) is 10.9.